The van der Waals surface area contributed by atoms with E-state index in [9.17, 15) is 0 Å². The van der Waals surface area contributed by atoms with Crippen molar-refractivity contribution in [2.24, 2.45) is 0 Å². The van der Waals surface area contributed by atoms with Crippen molar-refractivity contribution in [3.05, 3.63) is 56.5 Å². The van der Waals surface area contributed by atoms with E-state index in [1.54, 1.807) is 42.1 Å². The van der Waals surface area contributed by atoms with Crippen LogP contribution < -0.4 is 14.8 Å². The molecule has 0 aliphatic heterocycles. The van der Waals surface area contributed by atoms with Crippen LogP contribution in [0.3, 0.4) is 0 Å². The van der Waals surface area contributed by atoms with Crippen molar-refractivity contribution in [3.8, 4) is 11.5 Å². The molecule has 28 heavy (non-hydrogen) atoms. The van der Waals surface area contributed by atoms with E-state index >= 15 is 0 Å². The van der Waals surface area contributed by atoms with E-state index < -0.39 is 0 Å². The van der Waals surface area contributed by atoms with Crippen molar-refractivity contribution in [3.63, 3.8) is 0 Å². The first-order valence-corrected chi connectivity index (χ1v) is 9.59. The van der Waals surface area contributed by atoms with Crippen LogP contribution in [0.25, 0.3) is 0 Å². The molecule has 0 saturated carbocycles. The molecule has 0 atom stereocenters. The number of nitrogens with one attached hydrogen (secondary N) is 1. The standard InChI is InChI=1S/C18H18Cl3N5O2/c1-3-26-18(23-24-25-26)22-9-11-7-16(27-2)17(8-15(11)21)28-10-12-13(19)5-4-6-14(12)20/h4-8H,3,9-10H2,1-2H3,(H,22,23,25). The monoisotopic (exact) mass is 441 g/mol. The third kappa shape index (κ3) is 4.60. The Morgan fingerprint density at radius 3 is 2.50 bits per heavy atom. The average molecular weight is 443 g/mol. The molecule has 10 heteroatoms. The van der Waals surface area contributed by atoms with Crippen molar-refractivity contribution in [1.29, 1.82) is 0 Å². The van der Waals surface area contributed by atoms with Crippen molar-refractivity contribution in [2.45, 2.75) is 26.6 Å². The molecular weight excluding hydrogens is 425 g/mol. The van der Waals surface area contributed by atoms with Gasteiger partial charge in [-0.05, 0) is 41.1 Å². The Bertz CT molecular complexity index is 944. The van der Waals surface area contributed by atoms with Gasteiger partial charge in [0.05, 0.1) is 7.11 Å². The van der Waals surface area contributed by atoms with Gasteiger partial charge in [-0.1, -0.05) is 46.0 Å². The summed E-state index contributed by atoms with van der Waals surface area (Å²) in [6.45, 7) is 3.22. The Hall–Kier alpha value is -2.22. The lowest BCUT2D eigenvalue weighted by Crippen LogP contribution is -2.08. The second kappa shape index (κ2) is 9.32. The molecule has 1 N–H and O–H groups in total. The molecule has 7 nitrogen and oxygen atoms in total. The number of anilines is 1. The van der Waals surface area contributed by atoms with Crippen molar-refractivity contribution < 1.29 is 9.47 Å². The fourth-order valence-electron chi connectivity index (χ4n) is 2.52. The minimum Gasteiger partial charge on any atom is -0.493 e. The maximum Gasteiger partial charge on any atom is 0.243 e. The summed E-state index contributed by atoms with van der Waals surface area (Å²) in [7, 11) is 1.56. The Balaban J connectivity index is 1.76. The molecule has 0 aliphatic carbocycles. The molecule has 2 aromatic carbocycles. The second-order valence-corrected chi connectivity index (χ2v) is 6.98. The van der Waals surface area contributed by atoms with Crippen LogP contribution in [-0.2, 0) is 19.7 Å². The number of nitrogens with zero attached hydrogens (tertiary/aromatic N) is 4. The zero-order chi connectivity index (χ0) is 20.1. The smallest absolute Gasteiger partial charge is 0.243 e. The molecule has 0 bridgehead atoms. The zero-order valence-corrected chi connectivity index (χ0v) is 17.5. The van der Waals surface area contributed by atoms with E-state index in [-0.39, 0.29) is 6.61 Å². The molecule has 0 amide bonds. The SMILES string of the molecule is CCn1nnnc1NCc1cc(OC)c(OCc2c(Cl)cccc2Cl)cc1Cl. The van der Waals surface area contributed by atoms with E-state index in [0.29, 0.717) is 51.2 Å². The van der Waals surface area contributed by atoms with Gasteiger partial charge in [0, 0.05) is 39.8 Å². The van der Waals surface area contributed by atoms with Crippen LogP contribution in [0.1, 0.15) is 18.1 Å². The third-order valence-electron chi connectivity index (χ3n) is 4.03. The lowest BCUT2D eigenvalue weighted by atomic mass is 10.2. The highest BCUT2D eigenvalue weighted by molar-refractivity contribution is 6.36. The summed E-state index contributed by atoms with van der Waals surface area (Å²) in [6, 6.07) is 8.80. The van der Waals surface area contributed by atoms with Gasteiger partial charge in [-0.2, -0.15) is 0 Å². The van der Waals surface area contributed by atoms with Crippen LogP contribution in [0.5, 0.6) is 11.5 Å². The van der Waals surface area contributed by atoms with Crippen molar-refractivity contribution >= 4 is 40.8 Å². The summed E-state index contributed by atoms with van der Waals surface area (Å²) in [5.41, 5.74) is 1.51. The van der Waals surface area contributed by atoms with Gasteiger partial charge in [-0.25, -0.2) is 4.68 Å². The lowest BCUT2D eigenvalue weighted by Gasteiger charge is -2.15. The van der Waals surface area contributed by atoms with Gasteiger partial charge in [-0.15, -0.1) is 0 Å². The number of tetrazole rings is 1. The molecule has 1 heterocycles. The summed E-state index contributed by atoms with van der Waals surface area (Å²) in [4.78, 5) is 0. The first kappa shape index (κ1) is 20.5. The summed E-state index contributed by atoms with van der Waals surface area (Å²) in [6.07, 6.45) is 0. The maximum absolute atomic E-state index is 6.43. The van der Waals surface area contributed by atoms with Crippen molar-refractivity contribution in [1.82, 2.24) is 20.2 Å². The summed E-state index contributed by atoms with van der Waals surface area (Å²) < 4.78 is 13.0. The number of hydrogen-bond acceptors (Lipinski definition) is 6. The van der Waals surface area contributed by atoms with Crippen LogP contribution >= 0.6 is 34.8 Å². The van der Waals surface area contributed by atoms with E-state index in [1.165, 1.54) is 0 Å². The van der Waals surface area contributed by atoms with Gasteiger partial charge >= 0.3 is 0 Å². The quantitative estimate of drug-likeness (QED) is 0.537. The van der Waals surface area contributed by atoms with Crippen LogP contribution in [0.4, 0.5) is 5.95 Å². The Morgan fingerprint density at radius 2 is 1.82 bits per heavy atom. The number of rotatable bonds is 8. The van der Waals surface area contributed by atoms with E-state index in [2.05, 4.69) is 20.8 Å². The molecule has 0 unspecified atom stereocenters. The molecule has 1 aromatic heterocycles. The van der Waals surface area contributed by atoms with Gasteiger partial charge in [0.1, 0.15) is 6.61 Å². The van der Waals surface area contributed by atoms with Gasteiger partial charge in [0.25, 0.3) is 0 Å². The number of methoxy groups -OCH3 is 1. The lowest BCUT2D eigenvalue weighted by molar-refractivity contribution is 0.284. The maximum atomic E-state index is 6.43. The fourth-order valence-corrected chi connectivity index (χ4v) is 3.25. The van der Waals surface area contributed by atoms with E-state index in [4.69, 9.17) is 44.3 Å². The Morgan fingerprint density at radius 1 is 1.07 bits per heavy atom. The minimum absolute atomic E-state index is 0.189. The first-order valence-electron chi connectivity index (χ1n) is 8.45. The summed E-state index contributed by atoms with van der Waals surface area (Å²) in [5, 5.41) is 16.2. The van der Waals surface area contributed by atoms with E-state index in [0.717, 1.165) is 5.56 Å². The minimum atomic E-state index is 0.189. The number of halogens is 3. The van der Waals surface area contributed by atoms with Gasteiger partial charge in [0.2, 0.25) is 5.95 Å². The molecule has 0 radical (unpaired) electrons. The van der Waals surface area contributed by atoms with Crippen LogP contribution in [0.15, 0.2) is 30.3 Å². The topological polar surface area (TPSA) is 74.1 Å². The summed E-state index contributed by atoms with van der Waals surface area (Å²) >= 11 is 18.8. The number of benzene rings is 2. The fraction of sp³-hybridized carbons (Fsp3) is 0.278. The highest BCUT2D eigenvalue weighted by atomic mass is 35.5. The molecule has 3 aromatic rings. The molecule has 0 fully saturated rings. The Labute approximate surface area is 177 Å². The van der Waals surface area contributed by atoms with Crippen LogP contribution in [0.2, 0.25) is 15.1 Å². The van der Waals surface area contributed by atoms with Gasteiger partial charge in [0.15, 0.2) is 11.5 Å². The highest BCUT2D eigenvalue weighted by Gasteiger charge is 2.14. The van der Waals surface area contributed by atoms with E-state index in [1.807, 2.05) is 6.92 Å². The predicted octanol–water partition coefficient (Wildman–Crippen LogP) is 4.85. The largest absolute Gasteiger partial charge is 0.493 e. The molecule has 0 saturated heterocycles. The number of aryl methyl sites for hydroxylation is 1. The first-order chi connectivity index (χ1) is 13.5. The normalized spacial score (nSPS) is 10.8. The second-order valence-electron chi connectivity index (χ2n) is 5.76. The predicted molar refractivity (Wildman–Crippen MR) is 110 cm³/mol. The molecule has 0 aliphatic rings. The van der Waals surface area contributed by atoms with Gasteiger partial charge < -0.3 is 14.8 Å². The number of hydrogen-bond donors (Lipinski definition) is 1. The van der Waals surface area contributed by atoms with Crippen LogP contribution in [0, 0.1) is 0 Å². The third-order valence-corrected chi connectivity index (χ3v) is 5.09. The van der Waals surface area contributed by atoms with Crippen molar-refractivity contribution in [2.75, 3.05) is 12.4 Å². The number of aromatic nitrogens is 4. The molecular formula is C18H18Cl3N5O2. The molecule has 148 valence electrons. The molecule has 3 rings (SSSR count). The summed E-state index contributed by atoms with van der Waals surface area (Å²) in [5.74, 6) is 1.59. The molecule has 0 spiro atoms. The zero-order valence-electron chi connectivity index (χ0n) is 15.2. The average Bonchev–Trinajstić information content (AvgIpc) is 3.14. The van der Waals surface area contributed by atoms with Crippen LogP contribution in [-0.4, -0.2) is 27.3 Å². The highest BCUT2D eigenvalue weighted by Crippen LogP contribution is 2.35. The van der Waals surface area contributed by atoms with Gasteiger partial charge in [-0.3, -0.25) is 0 Å². The Kier molecular flexibility index (Phi) is 6.83. The number of ether oxygens (including phenoxy) is 2.